The fourth-order valence-electron chi connectivity index (χ4n) is 1.10. The maximum atomic E-state index is 5.79. The van der Waals surface area contributed by atoms with E-state index in [-0.39, 0.29) is 12.1 Å². The van der Waals surface area contributed by atoms with Gasteiger partial charge in [0.1, 0.15) is 0 Å². The van der Waals surface area contributed by atoms with Crippen LogP contribution in [0.15, 0.2) is 18.3 Å². The average molecular weight is 208 g/mol. The number of rotatable bonds is 4. The van der Waals surface area contributed by atoms with Gasteiger partial charge in [0.15, 0.2) is 0 Å². The summed E-state index contributed by atoms with van der Waals surface area (Å²) in [4.78, 5) is 4.17. The van der Waals surface area contributed by atoms with Crippen LogP contribution in [0, 0.1) is 5.92 Å². The fourth-order valence-corrected chi connectivity index (χ4v) is 1.10. The molecule has 84 valence electrons. The van der Waals surface area contributed by atoms with E-state index >= 15 is 0 Å². The molecule has 0 amide bonds. The quantitative estimate of drug-likeness (QED) is 0.827. The van der Waals surface area contributed by atoms with Crippen molar-refractivity contribution in [2.24, 2.45) is 11.7 Å². The highest BCUT2D eigenvalue weighted by Crippen LogP contribution is 2.17. The molecule has 0 radical (unpaired) electrons. The highest BCUT2D eigenvalue weighted by atomic mass is 16.5. The van der Waals surface area contributed by atoms with Gasteiger partial charge in [-0.1, -0.05) is 13.8 Å². The van der Waals surface area contributed by atoms with Gasteiger partial charge in [0, 0.05) is 18.3 Å². The first-order valence-corrected chi connectivity index (χ1v) is 5.39. The van der Waals surface area contributed by atoms with Crippen LogP contribution in [0.1, 0.15) is 39.3 Å². The molecule has 1 heterocycles. The van der Waals surface area contributed by atoms with Crippen LogP contribution in [0.2, 0.25) is 0 Å². The van der Waals surface area contributed by atoms with E-state index < -0.39 is 0 Å². The molecular formula is C12H20N2O. The minimum Gasteiger partial charge on any atom is -0.474 e. The third kappa shape index (κ3) is 3.51. The van der Waals surface area contributed by atoms with Crippen molar-refractivity contribution in [1.82, 2.24) is 4.98 Å². The molecule has 0 aliphatic rings. The smallest absolute Gasteiger partial charge is 0.213 e. The van der Waals surface area contributed by atoms with Gasteiger partial charge in [-0.05, 0) is 31.4 Å². The number of hydrogen-bond donors (Lipinski definition) is 1. The van der Waals surface area contributed by atoms with Gasteiger partial charge in [-0.25, -0.2) is 4.98 Å². The van der Waals surface area contributed by atoms with Gasteiger partial charge in [0.05, 0.1) is 6.10 Å². The SMILES string of the molecule is CC(C)C(C)Oc1cc([C@H](C)N)ccn1. The van der Waals surface area contributed by atoms with Crippen molar-refractivity contribution in [1.29, 1.82) is 0 Å². The third-order valence-electron chi connectivity index (χ3n) is 2.53. The van der Waals surface area contributed by atoms with Crippen LogP contribution in [0.3, 0.4) is 0 Å². The van der Waals surface area contributed by atoms with Crippen molar-refractivity contribution in [3.05, 3.63) is 23.9 Å². The largest absolute Gasteiger partial charge is 0.474 e. The molecule has 0 aliphatic carbocycles. The number of pyridine rings is 1. The van der Waals surface area contributed by atoms with E-state index in [0.717, 1.165) is 5.56 Å². The Bertz CT molecular complexity index is 310. The zero-order valence-corrected chi connectivity index (χ0v) is 9.90. The first-order chi connectivity index (χ1) is 7.00. The van der Waals surface area contributed by atoms with Crippen LogP contribution in [0.25, 0.3) is 0 Å². The van der Waals surface area contributed by atoms with Gasteiger partial charge < -0.3 is 10.5 Å². The summed E-state index contributed by atoms with van der Waals surface area (Å²) in [5, 5.41) is 0. The summed E-state index contributed by atoms with van der Waals surface area (Å²) in [6.07, 6.45) is 1.90. The van der Waals surface area contributed by atoms with Crippen LogP contribution in [-0.4, -0.2) is 11.1 Å². The highest BCUT2D eigenvalue weighted by Gasteiger charge is 2.10. The Morgan fingerprint density at radius 1 is 1.27 bits per heavy atom. The Morgan fingerprint density at radius 2 is 1.93 bits per heavy atom. The molecule has 3 nitrogen and oxygen atoms in total. The molecule has 1 aromatic heterocycles. The van der Waals surface area contributed by atoms with E-state index in [1.54, 1.807) is 6.20 Å². The van der Waals surface area contributed by atoms with Crippen LogP contribution in [0.4, 0.5) is 0 Å². The van der Waals surface area contributed by atoms with Gasteiger partial charge >= 0.3 is 0 Å². The van der Waals surface area contributed by atoms with Crippen molar-refractivity contribution in [2.75, 3.05) is 0 Å². The molecule has 3 heteroatoms. The number of hydrogen-bond acceptors (Lipinski definition) is 3. The second kappa shape index (κ2) is 5.12. The van der Waals surface area contributed by atoms with Gasteiger partial charge in [-0.3, -0.25) is 0 Å². The summed E-state index contributed by atoms with van der Waals surface area (Å²) in [7, 11) is 0. The summed E-state index contributed by atoms with van der Waals surface area (Å²) in [5.74, 6) is 1.14. The van der Waals surface area contributed by atoms with E-state index in [4.69, 9.17) is 10.5 Å². The lowest BCUT2D eigenvalue weighted by atomic mass is 10.1. The van der Waals surface area contributed by atoms with E-state index in [9.17, 15) is 0 Å². The zero-order valence-electron chi connectivity index (χ0n) is 9.90. The maximum Gasteiger partial charge on any atom is 0.213 e. The minimum atomic E-state index is 0.0182. The number of nitrogens with zero attached hydrogens (tertiary/aromatic N) is 1. The second-order valence-corrected chi connectivity index (χ2v) is 4.28. The maximum absolute atomic E-state index is 5.79. The van der Waals surface area contributed by atoms with Crippen molar-refractivity contribution in [3.8, 4) is 5.88 Å². The third-order valence-corrected chi connectivity index (χ3v) is 2.53. The summed E-state index contributed by atoms with van der Waals surface area (Å²) in [6, 6.07) is 3.84. The summed E-state index contributed by atoms with van der Waals surface area (Å²) < 4.78 is 5.70. The lowest BCUT2D eigenvalue weighted by Crippen LogP contribution is -2.19. The average Bonchev–Trinajstić information content (AvgIpc) is 2.18. The van der Waals surface area contributed by atoms with Crippen molar-refractivity contribution in [2.45, 2.75) is 39.8 Å². The van der Waals surface area contributed by atoms with Crippen LogP contribution in [-0.2, 0) is 0 Å². The molecule has 0 spiro atoms. The van der Waals surface area contributed by atoms with E-state index in [1.165, 1.54) is 0 Å². The second-order valence-electron chi connectivity index (χ2n) is 4.28. The Hall–Kier alpha value is -1.09. The summed E-state index contributed by atoms with van der Waals surface area (Å²) in [5.41, 5.74) is 6.84. The molecule has 1 rings (SSSR count). The number of ether oxygens (including phenoxy) is 1. The number of nitrogens with two attached hydrogens (primary N) is 1. The van der Waals surface area contributed by atoms with E-state index in [2.05, 4.69) is 18.8 Å². The molecule has 1 aromatic rings. The molecule has 15 heavy (non-hydrogen) atoms. The van der Waals surface area contributed by atoms with E-state index in [1.807, 2.05) is 26.0 Å². The highest BCUT2D eigenvalue weighted by molar-refractivity contribution is 5.22. The first kappa shape index (κ1) is 12.0. The Morgan fingerprint density at radius 3 is 2.47 bits per heavy atom. The molecule has 0 bridgehead atoms. The lowest BCUT2D eigenvalue weighted by Gasteiger charge is -2.17. The summed E-state index contributed by atoms with van der Waals surface area (Å²) >= 11 is 0. The van der Waals surface area contributed by atoms with Crippen LogP contribution in [0.5, 0.6) is 5.88 Å². The normalized spacial score (nSPS) is 15.1. The van der Waals surface area contributed by atoms with Crippen LogP contribution < -0.4 is 10.5 Å². The van der Waals surface area contributed by atoms with Crippen LogP contribution >= 0.6 is 0 Å². The van der Waals surface area contributed by atoms with Crippen molar-refractivity contribution >= 4 is 0 Å². The standard InChI is InChI=1S/C12H20N2O/c1-8(2)10(4)15-12-7-11(9(3)13)5-6-14-12/h5-10H,13H2,1-4H3/t9-,10?/m0/s1. The van der Waals surface area contributed by atoms with E-state index in [0.29, 0.717) is 11.8 Å². The topological polar surface area (TPSA) is 48.1 Å². The molecule has 0 saturated heterocycles. The molecule has 0 aromatic carbocycles. The Labute approximate surface area is 91.7 Å². The molecule has 0 fully saturated rings. The Kier molecular flexibility index (Phi) is 4.09. The first-order valence-electron chi connectivity index (χ1n) is 5.39. The van der Waals surface area contributed by atoms with Gasteiger partial charge in [-0.2, -0.15) is 0 Å². The predicted molar refractivity (Wildman–Crippen MR) is 61.8 cm³/mol. The monoisotopic (exact) mass is 208 g/mol. The minimum absolute atomic E-state index is 0.0182. The fraction of sp³-hybridized carbons (Fsp3) is 0.583. The lowest BCUT2D eigenvalue weighted by molar-refractivity contribution is 0.163. The molecule has 2 atom stereocenters. The predicted octanol–water partition coefficient (Wildman–Crippen LogP) is 2.52. The molecule has 1 unspecified atom stereocenters. The molecule has 2 N–H and O–H groups in total. The number of aromatic nitrogens is 1. The van der Waals surface area contributed by atoms with Crippen molar-refractivity contribution < 1.29 is 4.74 Å². The van der Waals surface area contributed by atoms with Gasteiger partial charge in [0.25, 0.3) is 0 Å². The molecular weight excluding hydrogens is 188 g/mol. The summed E-state index contributed by atoms with van der Waals surface area (Å²) in [6.45, 7) is 8.25. The Balaban J connectivity index is 2.73. The van der Waals surface area contributed by atoms with Gasteiger partial charge in [-0.15, -0.1) is 0 Å². The molecule has 0 aliphatic heterocycles. The zero-order chi connectivity index (χ0) is 11.4. The van der Waals surface area contributed by atoms with Gasteiger partial charge in [0.2, 0.25) is 5.88 Å². The van der Waals surface area contributed by atoms with Crippen molar-refractivity contribution in [3.63, 3.8) is 0 Å². The molecule has 0 saturated carbocycles.